The third-order valence-corrected chi connectivity index (χ3v) is 1.81. The molecule has 70 valence electrons. The molecular weight excluding hydrogens is 182 g/mol. The first-order valence-electron chi connectivity index (χ1n) is 3.96. The maximum Gasteiger partial charge on any atom is 0.152 e. The quantitative estimate of drug-likeness (QED) is 0.709. The summed E-state index contributed by atoms with van der Waals surface area (Å²) >= 11 is 0. The maximum atomic E-state index is 10.7. The Balaban J connectivity index is 2.58. The van der Waals surface area contributed by atoms with E-state index in [1.807, 2.05) is 0 Å². The van der Waals surface area contributed by atoms with Crippen LogP contribution in [-0.4, -0.2) is 26.4 Å². The zero-order valence-electron chi connectivity index (χ0n) is 7.16. The highest BCUT2D eigenvalue weighted by molar-refractivity contribution is 5.81. The van der Waals surface area contributed by atoms with Gasteiger partial charge in [0.15, 0.2) is 6.29 Å². The lowest BCUT2D eigenvalue weighted by Crippen LogP contribution is -1.99. The molecule has 0 fully saturated rings. The van der Waals surface area contributed by atoms with E-state index in [2.05, 4.69) is 10.3 Å². The van der Waals surface area contributed by atoms with Crippen LogP contribution in [0.1, 0.15) is 10.4 Å². The first-order valence-corrected chi connectivity index (χ1v) is 3.96. The molecule has 0 unspecified atom stereocenters. The highest BCUT2D eigenvalue weighted by Gasteiger charge is 2.04. The molecule has 1 aromatic heterocycles. The number of aromatic nitrogens is 3. The van der Waals surface area contributed by atoms with Gasteiger partial charge >= 0.3 is 0 Å². The Hall–Kier alpha value is -2.17. The summed E-state index contributed by atoms with van der Waals surface area (Å²) in [5.74, 6) is 0.0518. The molecule has 5 nitrogen and oxygen atoms in total. The van der Waals surface area contributed by atoms with Crippen molar-refractivity contribution < 1.29 is 9.90 Å². The average Bonchev–Trinajstić information content (AvgIpc) is 2.70. The molecule has 0 bridgehead atoms. The summed E-state index contributed by atoms with van der Waals surface area (Å²) in [6.07, 6.45) is 3.80. The van der Waals surface area contributed by atoms with Gasteiger partial charge in [0, 0.05) is 5.56 Å². The number of carbonyl (C=O) groups excluding carboxylic acids is 1. The third kappa shape index (κ3) is 1.35. The lowest BCUT2D eigenvalue weighted by atomic mass is 10.2. The molecular formula is C9H7N3O2. The maximum absolute atomic E-state index is 10.7. The number of carbonyl (C=O) groups is 1. The number of phenolic OH excluding ortho intramolecular Hbond substituents is 1. The van der Waals surface area contributed by atoms with Crippen molar-refractivity contribution in [3.63, 3.8) is 0 Å². The van der Waals surface area contributed by atoms with E-state index in [9.17, 15) is 4.79 Å². The van der Waals surface area contributed by atoms with Gasteiger partial charge in [-0.15, -0.1) is 5.10 Å². The molecule has 1 heterocycles. The topological polar surface area (TPSA) is 68.0 Å². The van der Waals surface area contributed by atoms with Crippen LogP contribution in [0.25, 0.3) is 5.69 Å². The summed E-state index contributed by atoms with van der Waals surface area (Å²) in [6, 6.07) is 4.47. The number of phenols is 1. The van der Waals surface area contributed by atoms with Crippen molar-refractivity contribution in [1.29, 1.82) is 0 Å². The van der Waals surface area contributed by atoms with Crippen molar-refractivity contribution >= 4 is 6.29 Å². The van der Waals surface area contributed by atoms with Crippen LogP contribution in [0.2, 0.25) is 0 Å². The molecule has 1 aromatic carbocycles. The highest BCUT2D eigenvalue weighted by atomic mass is 16.3. The number of hydrogen-bond acceptors (Lipinski definition) is 4. The second-order valence-corrected chi connectivity index (χ2v) is 2.71. The van der Waals surface area contributed by atoms with Gasteiger partial charge in [-0.05, 0) is 18.2 Å². The standard InChI is InChI=1S/C9H7N3O2/c13-6-7-5-8(14)1-2-9(7)12-4-3-10-11-12/h1-6,14H. The summed E-state index contributed by atoms with van der Waals surface area (Å²) in [5.41, 5.74) is 0.964. The van der Waals surface area contributed by atoms with Crippen molar-refractivity contribution in [2.75, 3.05) is 0 Å². The Bertz CT molecular complexity index is 451. The summed E-state index contributed by atoms with van der Waals surface area (Å²) in [7, 11) is 0. The molecule has 0 aliphatic carbocycles. The van der Waals surface area contributed by atoms with E-state index in [4.69, 9.17) is 5.11 Å². The van der Waals surface area contributed by atoms with Gasteiger partial charge in [-0.25, -0.2) is 4.68 Å². The van der Waals surface area contributed by atoms with Crippen molar-refractivity contribution in [2.24, 2.45) is 0 Å². The number of aldehydes is 1. The number of hydrogen-bond donors (Lipinski definition) is 1. The summed E-state index contributed by atoms with van der Waals surface area (Å²) in [5, 5.41) is 16.5. The molecule has 0 radical (unpaired) electrons. The Kier molecular flexibility index (Phi) is 1.98. The lowest BCUT2D eigenvalue weighted by Gasteiger charge is -2.03. The van der Waals surface area contributed by atoms with Gasteiger partial charge in [-0.3, -0.25) is 4.79 Å². The zero-order valence-corrected chi connectivity index (χ0v) is 7.16. The van der Waals surface area contributed by atoms with E-state index < -0.39 is 0 Å². The van der Waals surface area contributed by atoms with Crippen LogP contribution < -0.4 is 0 Å². The minimum Gasteiger partial charge on any atom is -0.508 e. The van der Waals surface area contributed by atoms with E-state index in [-0.39, 0.29) is 5.75 Å². The molecule has 2 rings (SSSR count). The fraction of sp³-hybridized carbons (Fsp3) is 0. The smallest absolute Gasteiger partial charge is 0.152 e. The molecule has 5 heteroatoms. The van der Waals surface area contributed by atoms with Gasteiger partial charge in [0.25, 0.3) is 0 Å². The zero-order chi connectivity index (χ0) is 9.97. The van der Waals surface area contributed by atoms with Gasteiger partial charge in [0.2, 0.25) is 0 Å². The predicted octanol–water partition coefficient (Wildman–Crippen LogP) is 0.785. The molecule has 0 aliphatic heterocycles. The Morgan fingerprint density at radius 1 is 1.43 bits per heavy atom. The van der Waals surface area contributed by atoms with Crippen LogP contribution >= 0.6 is 0 Å². The highest BCUT2D eigenvalue weighted by Crippen LogP contribution is 2.17. The van der Waals surface area contributed by atoms with Crippen molar-refractivity contribution in [1.82, 2.24) is 15.0 Å². The van der Waals surface area contributed by atoms with Gasteiger partial charge in [0.05, 0.1) is 18.1 Å². The van der Waals surface area contributed by atoms with Crippen LogP contribution in [0.15, 0.2) is 30.6 Å². The normalized spacial score (nSPS) is 10.0. The van der Waals surface area contributed by atoms with Gasteiger partial charge in [-0.2, -0.15) is 0 Å². The molecule has 14 heavy (non-hydrogen) atoms. The molecule has 0 saturated heterocycles. The van der Waals surface area contributed by atoms with E-state index in [0.29, 0.717) is 17.5 Å². The summed E-state index contributed by atoms with van der Waals surface area (Å²) < 4.78 is 1.46. The summed E-state index contributed by atoms with van der Waals surface area (Å²) in [6.45, 7) is 0. The van der Waals surface area contributed by atoms with Crippen LogP contribution in [0.4, 0.5) is 0 Å². The first kappa shape index (κ1) is 8.43. The van der Waals surface area contributed by atoms with Crippen LogP contribution in [0, 0.1) is 0 Å². The van der Waals surface area contributed by atoms with E-state index in [1.54, 1.807) is 12.3 Å². The second-order valence-electron chi connectivity index (χ2n) is 2.71. The SMILES string of the molecule is O=Cc1cc(O)ccc1-n1ccnn1. The third-order valence-electron chi connectivity index (χ3n) is 1.81. The minimum atomic E-state index is 0.0518. The van der Waals surface area contributed by atoms with Crippen molar-refractivity contribution in [2.45, 2.75) is 0 Å². The molecule has 0 aliphatic rings. The van der Waals surface area contributed by atoms with Crippen LogP contribution in [0.3, 0.4) is 0 Å². The van der Waals surface area contributed by atoms with Gasteiger partial charge in [-0.1, -0.05) is 5.21 Å². The molecule has 0 saturated carbocycles. The summed E-state index contributed by atoms with van der Waals surface area (Å²) in [4.78, 5) is 10.7. The van der Waals surface area contributed by atoms with E-state index in [0.717, 1.165) is 0 Å². The number of nitrogens with zero attached hydrogens (tertiary/aromatic N) is 3. The fourth-order valence-corrected chi connectivity index (χ4v) is 1.18. The second kappa shape index (κ2) is 3.29. The van der Waals surface area contributed by atoms with Crippen LogP contribution in [0.5, 0.6) is 5.75 Å². The number of aromatic hydroxyl groups is 1. The fourth-order valence-electron chi connectivity index (χ4n) is 1.18. The van der Waals surface area contributed by atoms with Gasteiger partial charge < -0.3 is 5.11 Å². The first-order chi connectivity index (χ1) is 6.81. The van der Waals surface area contributed by atoms with E-state index >= 15 is 0 Å². The molecule has 0 amide bonds. The molecule has 1 N–H and O–H groups in total. The number of benzene rings is 1. The van der Waals surface area contributed by atoms with Crippen LogP contribution in [-0.2, 0) is 0 Å². The largest absolute Gasteiger partial charge is 0.508 e. The van der Waals surface area contributed by atoms with Crippen molar-refractivity contribution in [3.8, 4) is 11.4 Å². The Labute approximate surface area is 79.6 Å². The van der Waals surface area contributed by atoms with Crippen molar-refractivity contribution in [3.05, 3.63) is 36.2 Å². The van der Waals surface area contributed by atoms with E-state index in [1.165, 1.54) is 23.0 Å². The Morgan fingerprint density at radius 3 is 2.93 bits per heavy atom. The predicted molar refractivity (Wildman–Crippen MR) is 48.4 cm³/mol. The lowest BCUT2D eigenvalue weighted by molar-refractivity contribution is 0.112. The average molecular weight is 189 g/mol. The minimum absolute atomic E-state index is 0.0518. The number of rotatable bonds is 2. The Morgan fingerprint density at radius 2 is 2.29 bits per heavy atom. The molecule has 0 atom stereocenters. The van der Waals surface area contributed by atoms with Gasteiger partial charge in [0.1, 0.15) is 5.75 Å². The monoisotopic (exact) mass is 189 g/mol. The molecule has 0 spiro atoms. The molecule has 2 aromatic rings.